The Kier molecular flexibility index (Phi) is 4.66. The number of methoxy groups -OCH3 is 1. The highest BCUT2D eigenvalue weighted by Gasteiger charge is 2.07. The van der Waals surface area contributed by atoms with Crippen molar-refractivity contribution in [3.63, 3.8) is 0 Å². The van der Waals surface area contributed by atoms with Gasteiger partial charge >= 0.3 is 5.97 Å². The van der Waals surface area contributed by atoms with E-state index in [0.29, 0.717) is 6.61 Å². The van der Waals surface area contributed by atoms with Gasteiger partial charge in [-0.05, 0) is 23.8 Å². The molecule has 0 radical (unpaired) electrons. The van der Waals surface area contributed by atoms with Crippen LogP contribution in [0.2, 0.25) is 0 Å². The van der Waals surface area contributed by atoms with E-state index in [9.17, 15) is 4.79 Å². The van der Waals surface area contributed by atoms with Crippen molar-refractivity contribution in [1.82, 2.24) is 4.57 Å². The molecule has 0 saturated carbocycles. The Morgan fingerprint density at radius 1 is 1.17 bits per heavy atom. The van der Waals surface area contributed by atoms with E-state index in [0.717, 1.165) is 27.8 Å². The molecule has 0 amide bonds. The molecule has 0 spiro atoms. The van der Waals surface area contributed by atoms with Crippen molar-refractivity contribution < 1.29 is 14.3 Å². The Hall–Kier alpha value is -3.01. The van der Waals surface area contributed by atoms with Crippen LogP contribution in [0.1, 0.15) is 11.1 Å². The summed E-state index contributed by atoms with van der Waals surface area (Å²) in [5, 5.41) is 1.06. The zero-order valence-electron chi connectivity index (χ0n) is 13.7. The number of carbonyl (C=O) groups is 1. The van der Waals surface area contributed by atoms with E-state index < -0.39 is 0 Å². The predicted molar refractivity (Wildman–Crippen MR) is 94.7 cm³/mol. The molecule has 1 heterocycles. The number of carbonyl (C=O) groups excluding carboxylic acids is 1. The average molecular weight is 321 g/mol. The second kappa shape index (κ2) is 7.04. The molecule has 122 valence electrons. The van der Waals surface area contributed by atoms with E-state index in [2.05, 4.69) is 4.74 Å². The number of hydrogen-bond acceptors (Lipinski definition) is 3. The van der Waals surface area contributed by atoms with Crippen LogP contribution in [0.5, 0.6) is 5.75 Å². The summed E-state index contributed by atoms with van der Waals surface area (Å²) in [5.41, 5.74) is 3.14. The van der Waals surface area contributed by atoms with Crippen molar-refractivity contribution in [2.24, 2.45) is 7.05 Å². The topological polar surface area (TPSA) is 40.5 Å². The highest BCUT2D eigenvalue weighted by molar-refractivity contribution is 5.94. The van der Waals surface area contributed by atoms with Crippen LogP contribution in [0.4, 0.5) is 0 Å². The van der Waals surface area contributed by atoms with Crippen molar-refractivity contribution in [2.45, 2.75) is 6.61 Å². The number of fused-ring (bicyclic) bond motifs is 1. The average Bonchev–Trinajstić information content (AvgIpc) is 2.94. The molecule has 3 rings (SSSR count). The third-order valence-corrected chi connectivity index (χ3v) is 3.84. The third-order valence-electron chi connectivity index (χ3n) is 3.84. The van der Waals surface area contributed by atoms with Gasteiger partial charge < -0.3 is 14.0 Å². The van der Waals surface area contributed by atoms with Crippen molar-refractivity contribution in [1.29, 1.82) is 0 Å². The van der Waals surface area contributed by atoms with E-state index in [1.165, 1.54) is 13.2 Å². The third kappa shape index (κ3) is 3.49. The molecule has 24 heavy (non-hydrogen) atoms. The van der Waals surface area contributed by atoms with Crippen LogP contribution in [-0.4, -0.2) is 17.6 Å². The Labute approximate surface area is 140 Å². The summed E-state index contributed by atoms with van der Waals surface area (Å²) in [6, 6.07) is 16.0. The molecule has 0 aliphatic rings. The first-order valence-corrected chi connectivity index (χ1v) is 7.69. The van der Waals surface area contributed by atoms with Crippen LogP contribution in [0.15, 0.2) is 60.8 Å². The van der Waals surface area contributed by atoms with Crippen molar-refractivity contribution >= 4 is 22.9 Å². The lowest BCUT2D eigenvalue weighted by atomic mass is 10.1. The number of rotatable bonds is 5. The van der Waals surface area contributed by atoms with Crippen molar-refractivity contribution in [2.75, 3.05) is 7.11 Å². The SMILES string of the molecule is COC(=O)/C=C/c1cn(C)c2cc(OCc3ccccc3)ccc12. The van der Waals surface area contributed by atoms with Gasteiger partial charge in [-0.3, -0.25) is 0 Å². The molecule has 0 aliphatic heterocycles. The molecule has 3 aromatic rings. The molecular weight excluding hydrogens is 302 g/mol. The fourth-order valence-corrected chi connectivity index (χ4v) is 2.58. The van der Waals surface area contributed by atoms with Crippen LogP contribution >= 0.6 is 0 Å². The number of esters is 1. The van der Waals surface area contributed by atoms with Crippen LogP contribution in [0, 0.1) is 0 Å². The van der Waals surface area contributed by atoms with Gasteiger partial charge in [-0.15, -0.1) is 0 Å². The highest BCUT2D eigenvalue weighted by Crippen LogP contribution is 2.26. The minimum atomic E-state index is -0.366. The zero-order valence-corrected chi connectivity index (χ0v) is 13.7. The first-order chi connectivity index (χ1) is 11.7. The molecule has 0 N–H and O–H groups in total. The highest BCUT2D eigenvalue weighted by atomic mass is 16.5. The molecule has 0 unspecified atom stereocenters. The minimum absolute atomic E-state index is 0.366. The Balaban J connectivity index is 1.82. The molecule has 0 bridgehead atoms. The molecule has 4 heteroatoms. The van der Waals surface area contributed by atoms with Crippen molar-refractivity contribution in [3.05, 3.63) is 71.9 Å². The van der Waals surface area contributed by atoms with Gasteiger partial charge in [0.05, 0.1) is 12.6 Å². The fourth-order valence-electron chi connectivity index (χ4n) is 2.58. The fraction of sp³-hybridized carbons (Fsp3) is 0.150. The van der Waals surface area contributed by atoms with E-state index in [1.54, 1.807) is 6.08 Å². The smallest absolute Gasteiger partial charge is 0.330 e. The first-order valence-electron chi connectivity index (χ1n) is 7.69. The standard InChI is InChI=1S/C20H19NO3/c1-21-13-16(8-11-20(22)23-2)18-10-9-17(12-19(18)21)24-14-15-6-4-3-5-7-15/h3-13H,14H2,1-2H3/b11-8+. The maximum atomic E-state index is 11.3. The van der Waals surface area contributed by atoms with Gasteiger partial charge in [0.15, 0.2) is 0 Å². The van der Waals surface area contributed by atoms with Crippen molar-refractivity contribution in [3.8, 4) is 5.75 Å². The molecule has 4 nitrogen and oxygen atoms in total. The molecule has 0 atom stereocenters. The molecule has 1 aromatic heterocycles. The van der Waals surface area contributed by atoms with Crippen LogP contribution in [0.3, 0.4) is 0 Å². The largest absolute Gasteiger partial charge is 0.489 e. The number of hydrogen-bond donors (Lipinski definition) is 0. The summed E-state index contributed by atoms with van der Waals surface area (Å²) in [5.74, 6) is 0.450. The lowest BCUT2D eigenvalue weighted by Gasteiger charge is -2.07. The maximum Gasteiger partial charge on any atom is 0.330 e. The van der Waals surface area contributed by atoms with Gasteiger partial charge in [0, 0.05) is 36.3 Å². The normalized spacial score (nSPS) is 11.1. The Morgan fingerprint density at radius 3 is 2.71 bits per heavy atom. The number of aryl methyl sites for hydroxylation is 1. The first kappa shape index (κ1) is 15.9. The zero-order chi connectivity index (χ0) is 16.9. The predicted octanol–water partition coefficient (Wildman–Crippen LogP) is 3.94. The van der Waals surface area contributed by atoms with Crippen LogP contribution in [0.25, 0.3) is 17.0 Å². The van der Waals surface area contributed by atoms with Gasteiger partial charge in [0.1, 0.15) is 12.4 Å². The van der Waals surface area contributed by atoms with E-state index in [4.69, 9.17) is 4.74 Å². The minimum Gasteiger partial charge on any atom is -0.489 e. The molecule has 0 saturated heterocycles. The van der Waals surface area contributed by atoms with Crippen LogP contribution < -0.4 is 4.74 Å². The summed E-state index contributed by atoms with van der Waals surface area (Å²) in [6.07, 6.45) is 5.17. The molecule has 0 fully saturated rings. The molecule has 0 aliphatic carbocycles. The van der Waals surface area contributed by atoms with Gasteiger partial charge in [0.2, 0.25) is 0 Å². The Bertz CT molecular complexity index is 879. The molecular formula is C20H19NO3. The van der Waals surface area contributed by atoms with Gasteiger partial charge in [-0.1, -0.05) is 30.3 Å². The maximum absolute atomic E-state index is 11.3. The lowest BCUT2D eigenvalue weighted by molar-refractivity contribution is -0.134. The summed E-state index contributed by atoms with van der Waals surface area (Å²) in [6.45, 7) is 0.534. The second-order valence-corrected chi connectivity index (χ2v) is 5.51. The quantitative estimate of drug-likeness (QED) is 0.528. The monoisotopic (exact) mass is 321 g/mol. The summed E-state index contributed by atoms with van der Waals surface area (Å²) in [4.78, 5) is 11.3. The van der Waals surface area contributed by atoms with E-state index >= 15 is 0 Å². The Morgan fingerprint density at radius 2 is 1.96 bits per heavy atom. The number of ether oxygens (including phenoxy) is 2. The molecule has 2 aromatic carbocycles. The van der Waals surface area contributed by atoms with Crippen LogP contribution in [-0.2, 0) is 23.2 Å². The second-order valence-electron chi connectivity index (χ2n) is 5.51. The lowest BCUT2D eigenvalue weighted by Crippen LogP contribution is -1.95. The van der Waals surface area contributed by atoms with E-state index in [1.807, 2.05) is 66.3 Å². The summed E-state index contributed by atoms with van der Waals surface area (Å²) in [7, 11) is 3.34. The summed E-state index contributed by atoms with van der Waals surface area (Å²) >= 11 is 0. The van der Waals surface area contributed by atoms with Gasteiger partial charge in [-0.25, -0.2) is 4.79 Å². The number of nitrogens with zero attached hydrogens (tertiary/aromatic N) is 1. The number of aromatic nitrogens is 1. The summed E-state index contributed by atoms with van der Waals surface area (Å²) < 4.78 is 12.5. The van der Waals surface area contributed by atoms with E-state index in [-0.39, 0.29) is 5.97 Å². The number of benzene rings is 2. The van der Waals surface area contributed by atoms with Gasteiger partial charge in [-0.2, -0.15) is 0 Å². The van der Waals surface area contributed by atoms with Gasteiger partial charge in [0.25, 0.3) is 0 Å².